The molecule has 1 N–H and O–H groups in total. The Balaban J connectivity index is 1.76. The fourth-order valence-electron chi connectivity index (χ4n) is 2.47. The molecule has 0 spiro atoms. The lowest BCUT2D eigenvalue weighted by molar-refractivity contribution is 0.0697. The fourth-order valence-corrected chi connectivity index (χ4v) is 2.47. The SMILES string of the molecule is O=C(O)c1ccc2c(c1)N(CCn1ccnc1)CC2. The average molecular weight is 257 g/mol. The predicted octanol–water partition coefficient (Wildman–Crippen LogP) is 1.64. The second kappa shape index (κ2) is 4.76. The van der Waals surface area contributed by atoms with Crippen LogP contribution in [0.1, 0.15) is 15.9 Å². The van der Waals surface area contributed by atoms with Crippen LogP contribution in [-0.2, 0) is 13.0 Å². The number of carboxylic acids is 1. The van der Waals surface area contributed by atoms with Gasteiger partial charge in [0, 0.05) is 37.7 Å². The Bertz CT molecular complexity index is 593. The number of benzene rings is 1. The van der Waals surface area contributed by atoms with Crippen molar-refractivity contribution >= 4 is 11.7 Å². The van der Waals surface area contributed by atoms with E-state index in [0.29, 0.717) is 5.56 Å². The second-order valence-corrected chi connectivity index (χ2v) is 4.69. The first-order valence-corrected chi connectivity index (χ1v) is 6.31. The van der Waals surface area contributed by atoms with Crippen LogP contribution < -0.4 is 4.90 Å². The van der Waals surface area contributed by atoms with E-state index >= 15 is 0 Å². The molecule has 0 amide bonds. The number of nitrogens with zero attached hydrogens (tertiary/aromatic N) is 3. The van der Waals surface area contributed by atoms with Gasteiger partial charge in [-0.1, -0.05) is 6.07 Å². The summed E-state index contributed by atoms with van der Waals surface area (Å²) in [6, 6.07) is 5.38. The highest BCUT2D eigenvalue weighted by atomic mass is 16.4. The van der Waals surface area contributed by atoms with Crippen LogP contribution in [0.3, 0.4) is 0 Å². The lowest BCUT2D eigenvalue weighted by Crippen LogP contribution is -2.25. The molecule has 0 unspecified atom stereocenters. The molecule has 5 heteroatoms. The third-order valence-electron chi connectivity index (χ3n) is 3.51. The monoisotopic (exact) mass is 257 g/mol. The fraction of sp³-hybridized carbons (Fsp3) is 0.286. The van der Waals surface area contributed by atoms with Gasteiger partial charge in [-0.15, -0.1) is 0 Å². The summed E-state index contributed by atoms with van der Waals surface area (Å²) >= 11 is 0. The summed E-state index contributed by atoms with van der Waals surface area (Å²) in [6.45, 7) is 2.68. The van der Waals surface area contributed by atoms with Crippen LogP contribution in [0, 0.1) is 0 Å². The number of imidazole rings is 1. The maximum atomic E-state index is 11.0. The van der Waals surface area contributed by atoms with Gasteiger partial charge in [-0.3, -0.25) is 0 Å². The van der Waals surface area contributed by atoms with Crippen LogP contribution in [-0.4, -0.2) is 33.7 Å². The number of rotatable bonds is 4. The molecule has 2 aromatic rings. The molecule has 1 aliphatic heterocycles. The number of carbonyl (C=O) groups is 1. The quantitative estimate of drug-likeness (QED) is 0.904. The normalized spacial score (nSPS) is 13.6. The Morgan fingerprint density at radius 1 is 1.37 bits per heavy atom. The summed E-state index contributed by atoms with van der Waals surface area (Å²) in [6.07, 6.45) is 6.48. The van der Waals surface area contributed by atoms with Gasteiger partial charge in [0.25, 0.3) is 0 Å². The van der Waals surface area contributed by atoms with E-state index in [4.69, 9.17) is 5.11 Å². The molecule has 1 aromatic carbocycles. The molecule has 0 saturated carbocycles. The minimum Gasteiger partial charge on any atom is -0.478 e. The van der Waals surface area contributed by atoms with Gasteiger partial charge in [0.05, 0.1) is 11.9 Å². The highest BCUT2D eigenvalue weighted by molar-refractivity contribution is 5.89. The van der Waals surface area contributed by atoms with E-state index in [1.165, 1.54) is 5.56 Å². The third kappa shape index (κ3) is 2.31. The summed E-state index contributed by atoms with van der Waals surface area (Å²) in [4.78, 5) is 17.3. The summed E-state index contributed by atoms with van der Waals surface area (Å²) in [5.41, 5.74) is 2.64. The maximum Gasteiger partial charge on any atom is 0.335 e. The Hall–Kier alpha value is -2.30. The van der Waals surface area contributed by atoms with Crippen molar-refractivity contribution in [2.75, 3.05) is 18.0 Å². The zero-order valence-electron chi connectivity index (χ0n) is 10.5. The number of carboxylic acid groups (broad SMARTS) is 1. The van der Waals surface area contributed by atoms with Crippen LogP contribution in [0.4, 0.5) is 5.69 Å². The average Bonchev–Trinajstić information content (AvgIpc) is 3.05. The van der Waals surface area contributed by atoms with Crippen LogP contribution in [0.2, 0.25) is 0 Å². The smallest absolute Gasteiger partial charge is 0.335 e. The molecular formula is C14H15N3O2. The van der Waals surface area contributed by atoms with Crippen LogP contribution in [0.25, 0.3) is 0 Å². The summed E-state index contributed by atoms with van der Waals surface area (Å²) in [7, 11) is 0. The van der Waals surface area contributed by atoms with Gasteiger partial charge in [0.1, 0.15) is 0 Å². The molecule has 19 heavy (non-hydrogen) atoms. The molecule has 0 fully saturated rings. The van der Waals surface area contributed by atoms with Gasteiger partial charge < -0.3 is 14.6 Å². The Morgan fingerprint density at radius 2 is 2.26 bits per heavy atom. The van der Waals surface area contributed by atoms with Crippen LogP contribution in [0.5, 0.6) is 0 Å². The molecule has 2 heterocycles. The van der Waals surface area contributed by atoms with Crippen molar-refractivity contribution in [3.8, 4) is 0 Å². The molecule has 5 nitrogen and oxygen atoms in total. The first-order chi connectivity index (χ1) is 9.24. The predicted molar refractivity (Wildman–Crippen MR) is 71.5 cm³/mol. The molecular weight excluding hydrogens is 242 g/mol. The van der Waals surface area contributed by atoms with Gasteiger partial charge in [0.15, 0.2) is 0 Å². The molecule has 3 rings (SSSR count). The minimum absolute atomic E-state index is 0.355. The van der Waals surface area contributed by atoms with E-state index in [1.54, 1.807) is 24.7 Å². The van der Waals surface area contributed by atoms with Crippen molar-refractivity contribution in [2.24, 2.45) is 0 Å². The van der Waals surface area contributed by atoms with E-state index in [1.807, 2.05) is 16.8 Å². The van der Waals surface area contributed by atoms with Gasteiger partial charge in [-0.25, -0.2) is 9.78 Å². The molecule has 0 bridgehead atoms. The van der Waals surface area contributed by atoms with Crippen molar-refractivity contribution in [2.45, 2.75) is 13.0 Å². The molecule has 98 valence electrons. The first kappa shape index (κ1) is 11.8. The standard InChI is InChI=1S/C14H15N3O2/c18-14(19)12-2-1-11-3-5-17(13(11)9-12)8-7-16-6-4-15-10-16/h1-2,4,6,9-10H,3,5,7-8H2,(H,18,19). The van der Waals surface area contributed by atoms with Crippen molar-refractivity contribution < 1.29 is 9.90 Å². The maximum absolute atomic E-state index is 11.0. The third-order valence-corrected chi connectivity index (χ3v) is 3.51. The molecule has 1 aliphatic rings. The lowest BCUT2D eigenvalue weighted by Gasteiger charge is -2.19. The Morgan fingerprint density at radius 3 is 3.00 bits per heavy atom. The summed E-state index contributed by atoms with van der Waals surface area (Å²) in [5.74, 6) is -0.871. The molecule has 0 saturated heterocycles. The van der Waals surface area contributed by atoms with E-state index in [2.05, 4.69) is 9.88 Å². The minimum atomic E-state index is -0.871. The molecule has 0 atom stereocenters. The number of hydrogen-bond acceptors (Lipinski definition) is 3. The van der Waals surface area contributed by atoms with Crippen molar-refractivity contribution in [3.05, 3.63) is 48.0 Å². The number of aromatic nitrogens is 2. The highest BCUT2D eigenvalue weighted by Gasteiger charge is 2.20. The van der Waals surface area contributed by atoms with Gasteiger partial charge in [0.2, 0.25) is 0 Å². The Labute approximate surface area is 111 Å². The zero-order chi connectivity index (χ0) is 13.2. The number of fused-ring (bicyclic) bond motifs is 1. The Kier molecular flexibility index (Phi) is 2.95. The van der Waals surface area contributed by atoms with Gasteiger partial charge in [-0.2, -0.15) is 0 Å². The number of anilines is 1. The summed E-state index contributed by atoms with van der Waals surface area (Å²) in [5, 5.41) is 9.05. The second-order valence-electron chi connectivity index (χ2n) is 4.69. The highest BCUT2D eigenvalue weighted by Crippen LogP contribution is 2.28. The molecule has 0 radical (unpaired) electrons. The van der Waals surface area contributed by atoms with Crippen molar-refractivity contribution in [1.82, 2.24) is 9.55 Å². The first-order valence-electron chi connectivity index (χ1n) is 6.31. The van der Waals surface area contributed by atoms with Crippen molar-refractivity contribution in [1.29, 1.82) is 0 Å². The van der Waals surface area contributed by atoms with E-state index in [9.17, 15) is 4.79 Å². The van der Waals surface area contributed by atoms with Crippen LogP contribution in [0.15, 0.2) is 36.9 Å². The molecule has 1 aromatic heterocycles. The largest absolute Gasteiger partial charge is 0.478 e. The molecule has 0 aliphatic carbocycles. The zero-order valence-corrected chi connectivity index (χ0v) is 10.5. The lowest BCUT2D eigenvalue weighted by atomic mass is 10.1. The van der Waals surface area contributed by atoms with E-state index in [0.717, 1.165) is 31.7 Å². The topological polar surface area (TPSA) is 58.4 Å². The van der Waals surface area contributed by atoms with Gasteiger partial charge in [-0.05, 0) is 24.1 Å². The summed E-state index contributed by atoms with van der Waals surface area (Å²) < 4.78 is 2.03. The van der Waals surface area contributed by atoms with E-state index < -0.39 is 5.97 Å². The van der Waals surface area contributed by atoms with Gasteiger partial charge >= 0.3 is 5.97 Å². The number of hydrogen-bond donors (Lipinski definition) is 1. The number of aromatic carboxylic acids is 1. The van der Waals surface area contributed by atoms with Crippen molar-refractivity contribution in [3.63, 3.8) is 0 Å². The van der Waals surface area contributed by atoms with E-state index in [-0.39, 0.29) is 0 Å². The van der Waals surface area contributed by atoms with Crippen LogP contribution >= 0.6 is 0 Å².